The van der Waals surface area contributed by atoms with Crippen LogP contribution in [0.3, 0.4) is 0 Å². The second-order valence-electron chi connectivity index (χ2n) is 6.38. The molecule has 6 heteroatoms. The monoisotopic (exact) mass is 355 g/mol. The molecule has 2 saturated heterocycles. The number of piperidine rings is 1. The topological polar surface area (TPSA) is 35.6 Å². The average molecular weight is 356 g/mol. The summed E-state index contributed by atoms with van der Waals surface area (Å²) in [6.07, 6.45) is 2.52. The van der Waals surface area contributed by atoms with Crippen molar-refractivity contribution in [2.75, 3.05) is 45.8 Å². The number of hydrogen-bond acceptors (Lipinski definition) is 3. The maximum Gasteiger partial charge on any atom is 0.256 e. The van der Waals surface area contributed by atoms with Gasteiger partial charge in [-0.25, -0.2) is 0 Å². The molecule has 1 aromatic rings. The molecule has 2 heterocycles. The molecule has 1 N–H and O–H groups in total. The number of hydrogen-bond donors (Lipinski definition) is 1. The molecular formula is C17H23Cl2N3O. The molecule has 0 atom stereocenters. The summed E-state index contributed by atoms with van der Waals surface area (Å²) in [6.45, 7) is 6.75. The first-order valence-corrected chi connectivity index (χ1v) is 9.07. The highest BCUT2D eigenvalue weighted by Crippen LogP contribution is 2.26. The lowest BCUT2D eigenvalue weighted by molar-refractivity contribution is 0.0609. The third-order valence-electron chi connectivity index (χ3n) is 4.81. The smallest absolute Gasteiger partial charge is 0.256 e. The molecule has 23 heavy (non-hydrogen) atoms. The summed E-state index contributed by atoms with van der Waals surface area (Å²) in [6, 6.07) is 5.19. The van der Waals surface area contributed by atoms with Gasteiger partial charge in [0.15, 0.2) is 0 Å². The molecule has 0 aromatic heterocycles. The third kappa shape index (κ3) is 4.18. The zero-order valence-corrected chi connectivity index (χ0v) is 14.7. The van der Waals surface area contributed by atoms with Gasteiger partial charge in [-0.05, 0) is 44.0 Å². The summed E-state index contributed by atoms with van der Waals surface area (Å²) in [4.78, 5) is 17.0. The summed E-state index contributed by atoms with van der Waals surface area (Å²) in [7, 11) is 0. The Morgan fingerprint density at radius 1 is 1.09 bits per heavy atom. The number of nitrogens with zero attached hydrogens (tertiary/aromatic N) is 2. The molecule has 0 aliphatic carbocycles. The number of benzene rings is 1. The summed E-state index contributed by atoms with van der Waals surface area (Å²) in [5.41, 5.74) is 0.433. The second kappa shape index (κ2) is 7.84. The molecule has 0 unspecified atom stereocenters. The van der Waals surface area contributed by atoms with Crippen LogP contribution in [0, 0.1) is 5.92 Å². The summed E-state index contributed by atoms with van der Waals surface area (Å²) in [5.74, 6) is 0.735. The van der Waals surface area contributed by atoms with Crippen LogP contribution in [0.5, 0.6) is 0 Å². The molecule has 1 amide bonds. The first-order chi connectivity index (χ1) is 11.1. The molecule has 0 saturated carbocycles. The maximum atomic E-state index is 12.7. The fourth-order valence-corrected chi connectivity index (χ4v) is 3.98. The SMILES string of the molecule is O=C(c1c(Cl)cccc1Cl)N1CCN(CC2CCNCC2)CC1. The zero-order chi connectivity index (χ0) is 16.2. The van der Waals surface area contributed by atoms with Crippen molar-refractivity contribution in [3.05, 3.63) is 33.8 Å². The fourth-order valence-electron chi connectivity index (χ4n) is 3.42. The largest absolute Gasteiger partial charge is 0.336 e. The van der Waals surface area contributed by atoms with Crippen LogP contribution in [-0.2, 0) is 0 Å². The minimum atomic E-state index is -0.0536. The van der Waals surface area contributed by atoms with Gasteiger partial charge < -0.3 is 10.2 Å². The molecule has 0 spiro atoms. The average Bonchev–Trinajstić information content (AvgIpc) is 2.56. The molecule has 126 valence electrons. The highest BCUT2D eigenvalue weighted by Gasteiger charge is 2.26. The third-order valence-corrected chi connectivity index (χ3v) is 5.44. The van der Waals surface area contributed by atoms with Gasteiger partial charge in [-0.2, -0.15) is 0 Å². The molecule has 0 bridgehead atoms. The van der Waals surface area contributed by atoms with Gasteiger partial charge in [0.25, 0.3) is 5.91 Å². The van der Waals surface area contributed by atoms with E-state index in [1.807, 2.05) is 4.90 Å². The van der Waals surface area contributed by atoms with E-state index in [1.165, 1.54) is 12.8 Å². The van der Waals surface area contributed by atoms with Crippen LogP contribution in [0.25, 0.3) is 0 Å². The van der Waals surface area contributed by atoms with Crippen LogP contribution in [-0.4, -0.2) is 61.5 Å². The quantitative estimate of drug-likeness (QED) is 0.905. The van der Waals surface area contributed by atoms with Gasteiger partial charge in [0, 0.05) is 32.7 Å². The van der Waals surface area contributed by atoms with Crippen molar-refractivity contribution in [2.45, 2.75) is 12.8 Å². The van der Waals surface area contributed by atoms with Gasteiger partial charge >= 0.3 is 0 Å². The van der Waals surface area contributed by atoms with E-state index in [0.29, 0.717) is 15.6 Å². The predicted octanol–water partition coefficient (Wildman–Crippen LogP) is 2.75. The van der Waals surface area contributed by atoms with Crippen LogP contribution in [0.15, 0.2) is 18.2 Å². The van der Waals surface area contributed by atoms with Crippen LogP contribution in [0.2, 0.25) is 10.0 Å². The first-order valence-electron chi connectivity index (χ1n) is 8.31. The number of amides is 1. The van der Waals surface area contributed by atoms with Crippen LogP contribution < -0.4 is 5.32 Å². The van der Waals surface area contributed by atoms with Crippen molar-refractivity contribution in [1.29, 1.82) is 0 Å². The summed E-state index contributed by atoms with van der Waals surface area (Å²) in [5, 5.41) is 4.27. The van der Waals surface area contributed by atoms with Gasteiger partial charge in [-0.1, -0.05) is 29.3 Å². The normalized spacial score (nSPS) is 20.7. The van der Waals surface area contributed by atoms with E-state index in [1.54, 1.807) is 18.2 Å². The molecule has 3 rings (SSSR count). The lowest BCUT2D eigenvalue weighted by atomic mass is 9.97. The van der Waals surface area contributed by atoms with E-state index >= 15 is 0 Å². The number of piperazine rings is 1. The Morgan fingerprint density at radius 2 is 1.70 bits per heavy atom. The molecule has 0 radical (unpaired) electrons. The van der Waals surface area contributed by atoms with Crippen molar-refractivity contribution in [2.24, 2.45) is 5.92 Å². The van der Waals surface area contributed by atoms with Gasteiger partial charge in [-0.3, -0.25) is 9.69 Å². The molecule has 2 fully saturated rings. The van der Waals surface area contributed by atoms with Crippen molar-refractivity contribution < 1.29 is 4.79 Å². The number of rotatable bonds is 3. The Balaban J connectivity index is 1.55. The van der Waals surface area contributed by atoms with E-state index < -0.39 is 0 Å². The highest BCUT2D eigenvalue weighted by molar-refractivity contribution is 6.39. The zero-order valence-electron chi connectivity index (χ0n) is 13.2. The van der Waals surface area contributed by atoms with Gasteiger partial charge in [0.2, 0.25) is 0 Å². The lowest BCUT2D eigenvalue weighted by Crippen LogP contribution is -2.50. The Labute approximate surface area is 147 Å². The van der Waals surface area contributed by atoms with E-state index in [-0.39, 0.29) is 5.91 Å². The number of carbonyl (C=O) groups is 1. The molecule has 1 aromatic carbocycles. The van der Waals surface area contributed by atoms with Crippen molar-refractivity contribution in [3.8, 4) is 0 Å². The van der Waals surface area contributed by atoms with Crippen molar-refractivity contribution in [1.82, 2.24) is 15.1 Å². The predicted molar refractivity (Wildman–Crippen MR) is 94.4 cm³/mol. The molecule has 4 nitrogen and oxygen atoms in total. The first kappa shape index (κ1) is 17.0. The second-order valence-corrected chi connectivity index (χ2v) is 7.20. The van der Waals surface area contributed by atoms with Crippen LogP contribution in [0.4, 0.5) is 0 Å². The summed E-state index contributed by atoms with van der Waals surface area (Å²) < 4.78 is 0. The Kier molecular flexibility index (Phi) is 5.81. The van der Waals surface area contributed by atoms with Crippen molar-refractivity contribution >= 4 is 29.1 Å². The molecular weight excluding hydrogens is 333 g/mol. The number of carbonyl (C=O) groups excluding carboxylic acids is 1. The van der Waals surface area contributed by atoms with Crippen molar-refractivity contribution in [3.63, 3.8) is 0 Å². The van der Waals surface area contributed by atoms with Crippen LogP contribution in [0.1, 0.15) is 23.2 Å². The number of nitrogens with one attached hydrogen (secondary N) is 1. The van der Waals surface area contributed by atoms with E-state index in [2.05, 4.69) is 10.2 Å². The minimum Gasteiger partial charge on any atom is -0.336 e. The van der Waals surface area contributed by atoms with Gasteiger partial charge in [0.1, 0.15) is 0 Å². The van der Waals surface area contributed by atoms with E-state index in [0.717, 1.165) is 51.7 Å². The minimum absolute atomic E-state index is 0.0536. The fraction of sp³-hybridized carbons (Fsp3) is 0.588. The van der Waals surface area contributed by atoms with E-state index in [4.69, 9.17) is 23.2 Å². The molecule has 2 aliphatic heterocycles. The highest BCUT2D eigenvalue weighted by atomic mass is 35.5. The molecule has 2 aliphatic rings. The summed E-state index contributed by atoms with van der Waals surface area (Å²) >= 11 is 12.3. The lowest BCUT2D eigenvalue weighted by Gasteiger charge is -2.37. The Bertz CT molecular complexity index is 533. The Hall–Kier alpha value is -0.810. The maximum absolute atomic E-state index is 12.7. The number of halogens is 2. The van der Waals surface area contributed by atoms with E-state index in [9.17, 15) is 4.79 Å². The van der Waals surface area contributed by atoms with Gasteiger partial charge in [-0.15, -0.1) is 0 Å². The van der Waals surface area contributed by atoms with Gasteiger partial charge in [0.05, 0.1) is 15.6 Å². The Morgan fingerprint density at radius 3 is 2.30 bits per heavy atom. The van der Waals surface area contributed by atoms with Crippen LogP contribution >= 0.6 is 23.2 Å². The standard InChI is InChI=1S/C17H23Cl2N3O/c18-14-2-1-3-15(19)16(14)17(23)22-10-8-21(9-11-22)12-13-4-6-20-7-5-13/h1-3,13,20H,4-12H2.